The average Bonchev–Trinajstić information content (AvgIpc) is 2.94. The number of halogens is 1. The minimum atomic E-state index is -0.334. The van der Waals surface area contributed by atoms with Crippen molar-refractivity contribution in [2.24, 2.45) is 0 Å². The van der Waals surface area contributed by atoms with Crippen molar-refractivity contribution in [3.8, 4) is 0 Å². The minimum Gasteiger partial charge on any atom is -0.339 e. The van der Waals surface area contributed by atoms with Crippen molar-refractivity contribution in [3.05, 3.63) is 69.2 Å². The van der Waals surface area contributed by atoms with Crippen molar-refractivity contribution in [2.45, 2.75) is 31.7 Å². The Bertz CT molecular complexity index is 972. The first-order valence-corrected chi connectivity index (χ1v) is 10.3. The van der Waals surface area contributed by atoms with Crippen LogP contribution in [0.5, 0.6) is 0 Å². The Hall–Kier alpha value is -2.47. The summed E-state index contributed by atoms with van der Waals surface area (Å²) >= 11 is 3.33. The molecule has 1 atom stereocenters. The molecule has 3 amide bonds. The van der Waals surface area contributed by atoms with Crippen LogP contribution in [-0.4, -0.2) is 41.1 Å². The number of benzene rings is 2. The van der Waals surface area contributed by atoms with E-state index in [1.165, 1.54) is 16.0 Å². The smallest absolute Gasteiger partial charge is 0.261 e. The van der Waals surface area contributed by atoms with Gasteiger partial charge in [0, 0.05) is 24.5 Å². The predicted octanol–water partition coefficient (Wildman–Crippen LogP) is 3.97. The Morgan fingerprint density at radius 3 is 2.71 bits per heavy atom. The quantitative estimate of drug-likeness (QED) is 0.675. The monoisotopic (exact) mass is 440 g/mol. The van der Waals surface area contributed by atoms with E-state index in [1.807, 2.05) is 19.2 Å². The van der Waals surface area contributed by atoms with E-state index in [9.17, 15) is 14.4 Å². The largest absolute Gasteiger partial charge is 0.339 e. The van der Waals surface area contributed by atoms with Crippen LogP contribution in [0.4, 0.5) is 0 Å². The highest BCUT2D eigenvalue weighted by Crippen LogP contribution is 2.34. The maximum Gasteiger partial charge on any atom is 0.261 e. The highest BCUT2D eigenvalue weighted by atomic mass is 79.9. The zero-order chi connectivity index (χ0) is 19.8. The zero-order valence-electron chi connectivity index (χ0n) is 15.7. The topological polar surface area (TPSA) is 57.7 Å². The highest BCUT2D eigenvalue weighted by molar-refractivity contribution is 9.10. The summed E-state index contributed by atoms with van der Waals surface area (Å²) < 4.78 is 0.751. The fourth-order valence-electron chi connectivity index (χ4n) is 4.15. The van der Waals surface area contributed by atoms with Gasteiger partial charge in [-0.3, -0.25) is 19.3 Å². The predicted molar refractivity (Wildman–Crippen MR) is 109 cm³/mol. The van der Waals surface area contributed by atoms with Crippen molar-refractivity contribution >= 4 is 33.7 Å². The second kappa shape index (κ2) is 7.51. The number of nitrogens with zero attached hydrogens (tertiary/aromatic N) is 2. The molecule has 1 unspecified atom stereocenters. The second-order valence-electron chi connectivity index (χ2n) is 7.31. The van der Waals surface area contributed by atoms with Gasteiger partial charge >= 0.3 is 0 Å². The van der Waals surface area contributed by atoms with Crippen LogP contribution in [-0.2, 0) is 11.2 Å². The molecule has 0 radical (unpaired) electrons. The molecule has 1 heterocycles. The SMILES string of the molecule is CN(C(=O)CCN1C(=O)c2ccc(Br)cc2C1=O)C1CCCc2ccccc21. The van der Waals surface area contributed by atoms with Crippen molar-refractivity contribution in [2.75, 3.05) is 13.6 Å². The summed E-state index contributed by atoms with van der Waals surface area (Å²) in [4.78, 5) is 40.9. The number of carbonyl (C=O) groups excluding carboxylic acids is 3. The molecule has 6 heteroatoms. The zero-order valence-corrected chi connectivity index (χ0v) is 17.2. The maximum atomic E-state index is 12.8. The van der Waals surface area contributed by atoms with Gasteiger partial charge in [-0.05, 0) is 48.6 Å². The summed E-state index contributed by atoms with van der Waals surface area (Å²) in [7, 11) is 1.81. The van der Waals surface area contributed by atoms with Crippen LogP contribution < -0.4 is 0 Å². The van der Waals surface area contributed by atoms with E-state index >= 15 is 0 Å². The Labute approximate surface area is 172 Å². The highest BCUT2D eigenvalue weighted by Gasteiger charge is 2.36. The molecule has 5 nitrogen and oxygen atoms in total. The lowest BCUT2D eigenvalue weighted by atomic mass is 9.87. The van der Waals surface area contributed by atoms with Crippen LogP contribution in [0.1, 0.15) is 57.1 Å². The van der Waals surface area contributed by atoms with Gasteiger partial charge in [-0.2, -0.15) is 0 Å². The lowest BCUT2D eigenvalue weighted by molar-refractivity contribution is -0.132. The maximum absolute atomic E-state index is 12.8. The van der Waals surface area contributed by atoms with Gasteiger partial charge in [0.15, 0.2) is 0 Å². The van der Waals surface area contributed by atoms with Crippen LogP contribution in [0.2, 0.25) is 0 Å². The normalized spacial score (nSPS) is 18.1. The molecule has 0 saturated carbocycles. The van der Waals surface area contributed by atoms with E-state index in [0.29, 0.717) is 11.1 Å². The molecule has 0 N–H and O–H groups in total. The second-order valence-corrected chi connectivity index (χ2v) is 8.23. The molecule has 0 saturated heterocycles. The van der Waals surface area contributed by atoms with Gasteiger partial charge in [0.25, 0.3) is 11.8 Å². The minimum absolute atomic E-state index is 0.0515. The van der Waals surface area contributed by atoms with E-state index < -0.39 is 0 Å². The molecule has 2 aromatic carbocycles. The van der Waals surface area contributed by atoms with Gasteiger partial charge in [0.1, 0.15) is 0 Å². The standard InChI is InChI=1S/C22H21BrN2O3/c1-24(19-8-4-6-14-5-2-3-7-16(14)19)20(26)11-12-25-21(27)17-10-9-15(23)13-18(17)22(25)28/h2-3,5,7,9-10,13,19H,4,6,8,11-12H2,1H3. The van der Waals surface area contributed by atoms with Crippen molar-refractivity contribution in [1.82, 2.24) is 9.80 Å². The number of carbonyl (C=O) groups is 3. The number of imide groups is 1. The molecule has 0 fully saturated rings. The lowest BCUT2D eigenvalue weighted by Crippen LogP contribution is -2.37. The number of amides is 3. The van der Waals surface area contributed by atoms with Crippen LogP contribution in [0.15, 0.2) is 46.9 Å². The first-order chi connectivity index (χ1) is 13.5. The van der Waals surface area contributed by atoms with Crippen molar-refractivity contribution in [1.29, 1.82) is 0 Å². The molecule has 0 bridgehead atoms. The molecular weight excluding hydrogens is 420 g/mol. The van der Waals surface area contributed by atoms with Gasteiger partial charge in [0.2, 0.25) is 5.91 Å². The Balaban J connectivity index is 1.44. The van der Waals surface area contributed by atoms with Gasteiger partial charge in [-0.25, -0.2) is 0 Å². The third-order valence-corrected chi connectivity index (χ3v) is 6.17. The Morgan fingerprint density at radius 1 is 1.14 bits per heavy atom. The van der Waals surface area contributed by atoms with E-state index in [1.54, 1.807) is 23.1 Å². The third-order valence-electron chi connectivity index (χ3n) is 5.68. The van der Waals surface area contributed by atoms with Crippen LogP contribution >= 0.6 is 15.9 Å². The molecule has 2 aliphatic rings. The first-order valence-electron chi connectivity index (χ1n) is 9.46. The molecule has 2 aromatic rings. The summed E-state index contributed by atoms with van der Waals surface area (Å²) in [5.74, 6) is -0.717. The summed E-state index contributed by atoms with van der Waals surface area (Å²) in [5, 5.41) is 0. The van der Waals surface area contributed by atoms with Gasteiger partial charge < -0.3 is 4.90 Å². The number of fused-ring (bicyclic) bond motifs is 2. The Morgan fingerprint density at radius 2 is 1.89 bits per heavy atom. The molecule has 28 heavy (non-hydrogen) atoms. The average molecular weight is 441 g/mol. The Kier molecular flexibility index (Phi) is 5.06. The molecule has 1 aliphatic heterocycles. The summed E-state index contributed by atoms with van der Waals surface area (Å²) in [6.07, 6.45) is 3.15. The molecule has 1 aliphatic carbocycles. The van der Waals surface area contributed by atoms with Gasteiger partial charge in [-0.1, -0.05) is 40.2 Å². The third kappa shape index (κ3) is 3.26. The first kappa shape index (κ1) is 18.9. The number of aryl methyl sites for hydroxylation is 1. The van der Waals surface area contributed by atoms with Gasteiger partial charge in [-0.15, -0.1) is 0 Å². The summed E-state index contributed by atoms with van der Waals surface area (Å²) in [5.41, 5.74) is 3.29. The molecule has 0 spiro atoms. The fourth-order valence-corrected chi connectivity index (χ4v) is 4.52. The molecular formula is C22H21BrN2O3. The van der Waals surface area contributed by atoms with E-state index in [-0.39, 0.29) is 36.7 Å². The fraction of sp³-hybridized carbons (Fsp3) is 0.318. The van der Waals surface area contributed by atoms with E-state index in [4.69, 9.17) is 0 Å². The number of hydrogen-bond acceptors (Lipinski definition) is 3. The van der Waals surface area contributed by atoms with Crippen LogP contribution in [0.3, 0.4) is 0 Å². The van der Waals surface area contributed by atoms with Crippen molar-refractivity contribution < 1.29 is 14.4 Å². The number of hydrogen-bond donors (Lipinski definition) is 0. The van der Waals surface area contributed by atoms with Crippen LogP contribution in [0, 0.1) is 0 Å². The summed E-state index contributed by atoms with van der Waals surface area (Å²) in [6.45, 7) is 0.0987. The van der Waals surface area contributed by atoms with E-state index in [0.717, 1.165) is 23.7 Å². The summed E-state index contributed by atoms with van der Waals surface area (Å²) in [6, 6.07) is 13.3. The van der Waals surface area contributed by atoms with Crippen molar-refractivity contribution in [3.63, 3.8) is 0 Å². The molecule has 144 valence electrons. The lowest BCUT2D eigenvalue weighted by Gasteiger charge is -2.33. The van der Waals surface area contributed by atoms with Crippen LogP contribution in [0.25, 0.3) is 0 Å². The number of rotatable bonds is 4. The molecule has 0 aromatic heterocycles. The van der Waals surface area contributed by atoms with Gasteiger partial charge in [0.05, 0.1) is 17.2 Å². The van der Waals surface area contributed by atoms with E-state index in [2.05, 4.69) is 28.1 Å². The molecule has 4 rings (SSSR count).